The summed E-state index contributed by atoms with van der Waals surface area (Å²) in [7, 11) is 2.55. The Bertz CT molecular complexity index is 869. The Kier molecular flexibility index (Phi) is 7.08. The van der Waals surface area contributed by atoms with Crippen molar-refractivity contribution in [2.24, 2.45) is 0 Å². The van der Waals surface area contributed by atoms with Crippen LogP contribution in [-0.4, -0.2) is 60.0 Å². The smallest absolute Gasteiger partial charge is 0.341 e. The van der Waals surface area contributed by atoms with E-state index in [9.17, 15) is 19.2 Å². The molecule has 0 saturated carbocycles. The maximum Gasteiger partial charge on any atom is 0.341 e. The third-order valence-corrected chi connectivity index (χ3v) is 5.12. The van der Waals surface area contributed by atoms with Crippen LogP contribution in [0.2, 0.25) is 0 Å². The lowest BCUT2D eigenvalue weighted by Crippen LogP contribution is -2.42. The number of nitrogens with zero attached hydrogens (tertiary/aromatic N) is 1. The van der Waals surface area contributed by atoms with Gasteiger partial charge in [-0.25, -0.2) is 9.59 Å². The number of methoxy groups -OCH3 is 2. The molecule has 150 valence electrons. The molecule has 1 aliphatic rings. The molecule has 1 N–H and O–H groups in total. The fourth-order valence-electron chi connectivity index (χ4n) is 2.34. The van der Waals surface area contributed by atoms with E-state index in [-0.39, 0.29) is 16.4 Å². The lowest BCUT2D eigenvalue weighted by molar-refractivity contribution is -0.148. The molecule has 0 spiro atoms. The van der Waals surface area contributed by atoms with Gasteiger partial charge in [0.05, 0.1) is 23.6 Å². The topological polar surface area (TPSA) is 119 Å². The van der Waals surface area contributed by atoms with E-state index in [0.717, 1.165) is 4.90 Å². The molecule has 0 aliphatic carbocycles. The molecule has 1 fully saturated rings. The second kappa shape index (κ2) is 9.11. The number of ether oxygens (including phenoxy) is 3. The number of imide groups is 1. The molecule has 1 aromatic carbocycles. The molecule has 0 radical (unpaired) electrons. The number of thioether (sulfide) groups is 1. The minimum Gasteiger partial charge on any atom is -0.493 e. The number of carbonyl (C=O) groups excluding carboxylic acids is 3. The van der Waals surface area contributed by atoms with Gasteiger partial charge in [0.1, 0.15) is 6.04 Å². The van der Waals surface area contributed by atoms with Crippen LogP contribution in [0.3, 0.4) is 0 Å². The largest absolute Gasteiger partial charge is 0.493 e. The van der Waals surface area contributed by atoms with Crippen LogP contribution in [0.25, 0.3) is 6.08 Å². The van der Waals surface area contributed by atoms with Crippen molar-refractivity contribution in [3.05, 3.63) is 27.1 Å². The Morgan fingerprint density at radius 2 is 2.00 bits per heavy atom. The predicted molar refractivity (Wildman–Crippen MR) is 103 cm³/mol. The normalized spacial score (nSPS) is 16.3. The number of carbonyl (C=O) groups is 4. The standard InChI is InChI=1S/C17H16BrNO8S/c1-8(16(23)26-3)19-15(22)12(28-17(19)24)6-9-4-10(18)14(11(5-9)25-2)27-7-13(20)21/h4-6,8H,7H2,1-3H3,(H,20,21)/b12-6+/t8-/m1/s1. The van der Waals surface area contributed by atoms with Crippen molar-refractivity contribution in [1.29, 1.82) is 0 Å². The molecule has 0 aromatic heterocycles. The first-order valence-corrected chi connectivity index (χ1v) is 9.37. The minimum atomic E-state index is -1.15. The van der Waals surface area contributed by atoms with Crippen LogP contribution in [0.5, 0.6) is 11.5 Å². The van der Waals surface area contributed by atoms with Crippen LogP contribution in [0.15, 0.2) is 21.5 Å². The second-order valence-corrected chi connectivity index (χ2v) is 7.31. The van der Waals surface area contributed by atoms with E-state index in [4.69, 9.17) is 14.6 Å². The molecule has 9 nitrogen and oxygen atoms in total. The van der Waals surface area contributed by atoms with Gasteiger partial charge < -0.3 is 19.3 Å². The molecule has 0 unspecified atom stereocenters. The maximum atomic E-state index is 12.5. The van der Waals surface area contributed by atoms with Crippen molar-refractivity contribution in [1.82, 2.24) is 4.90 Å². The van der Waals surface area contributed by atoms with Gasteiger partial charge >= 0.3 is 11.9 Å². The van der Waals surface area contributed by atoms with Crippen LogP contribution in [0.1, 0.15) is 12.5 Å². The number of halogens is 1. The average molecular weight is 474 g/mol. The summed E-state index contributed by atoms with van der Waals surface area (Å²) >= 11 is 3.97. The molecule has 1 atom stereocenters. The predicted octanol–water partition coefficient (Wildman–Crippen LogP) is 2.52. The van der Waals surface area contributed by atoms with Gasteiger partial charge in [-0.1, -0.05) is 0 Å². The zero-order valence-corrected chi connectivity index (χ0v) is 17.5. The molecular weight excluding hydrogens is 458 g/mol. The molecule has 2 rings (SSSR count). The van der Waals surface area contributed by atoms with E-state index in [1.807, 2.05) is 0 Å². The first-order valence-electron chi connectivity index (χ1n) is 7.76. The monoisotopic (exact) mass is 473 g/mol. The van der Waals surface area contributed by atoms with E-state index in [0.29, 0.717) is 21.8 Å². The van der Waals surface area contributed by atoms with Crippen LogP contribution in [0, 0.1) is 0 Å². The third-order valence-electron chi connectivity index (χ3n) is 3.64. The average Bonchev–Trinajstić information content (AvgIpc) is 2.92. The SMILES string of the molecule is COC(=O)[C@@H](C)N1C(=O)S/C(=C/c2cc(Br)c(OCC(=O)O)c(OC)c2)C1=O. The van der Waals surface area contributed by atoms with Gasteiger partial charge in [0.25, 0.3) is 11.1 Å². The van der Waals surface area contributed by atoms with Gasteiger partial charge in [0.2, 0.25) is 0 Å². The van der Waals surface area contributed by atoms with Crippen LogP contribution >= 0.6 is 27.7 Å². The molecule has 1 saturated heterocycles. The van der Waals surface area contributed by atoms with Gasteiger partial charge in [-0.3, -0.25) is 14.5 Å². The second-order valence-electron chi connectivity index (χ2n) is 5.47. The summed E-state index contributed by atoms with van der Waals surface area (Å²) in [5, 5.41) is 8.17. The summed E-state index contributed by atoms with van der Waals surface area (Å²) in [4.78, 5) is 48.0. The Labute approximate surface area is 172 Å². The van der Waals surface area contributed by atoms with Crippen molar-refractivity contribution in [3.63, 3.8) is 0 Å². The molecule has 11 heteroatoms. The molecule has 1 heterocycles. The summed E-state index contributed by atoms with van der Waals surface area (Å²) in [6.45, 7) is 0.845. The summed E-state index contributed by atoms with van der Waals surface area (Å²) < 4.78 is 15.4. The van der Waals surface area contributed by atoms with E-state index >= 15 is 0 Å². The number of esters is 1. The lowest BCUT2D eigenvalue weighted by Gasteiger charge is -2.18. The van der Waals surface area contributed by atoms with Gasteiger partial charge in [-0.05, 0) is 58.4 Å². The summed E-state index contributed by atoms with van der Waals surface area (Å²) in [5.74, 6) is -2.04. The highest BCUT2D eigenvalue weighted by molar-refractivity contribution is 9.10. The molecule has 2 amide bonds. The molecule has 1 aromatic rings. The number of hydrogen-bond acceptors (Lipinski definition) is 8. The zero-order valence-electron chi connectivity index (χ0n) is 15.1. The van der Waals surface area contributed by atoms with E-state index < -0.39 is 35.7 Å². The summed E-state index contributed by atoms with van der Waals surface area (Å²) in [6.07, 6.45) is 1.46. The van der Waals surface area contributed by atoms with Crippen LogP contribution in [-0.2, 0) is 19.1 Å². The number of carboxylic acids is 1. The number of benzene rings is 1. The van der Waals surface area contributed by atoms with Crippen LogP contribution in [0.4, 0.5) is 4.79 Å². The van der Waals surface area contributed by atoms with E-state index in [2.05, 4.69) is 20.7 Å². The van der Waals surface area contributed by atoms with Crippen molar-refractivity contribution in [2.75, 3.05) is 20.8 Å². The molecule has 0 bridgehead atoms. The van der Waals surface area contributed by atoms with Gasteiger partial charge in [-0.15, -0.1) is 0 Å². The minimum absolute atomic E-state index is 0.119. The Morgan fingerprint density at radius 1 is 1.32 bits per heavy atom. The summed E-state index contributed by atoms with van der Waals surface area (Å²) in [5.41, 5.74) is 0.502. The van der Waals surface area contributed by atoms with E-state index in [1.54, 1.807) is 6.07 Å². The van der Waals surface area contributed by atoms with Crippen molar-refractivity contribution in [3.8, 4) is 11.5 Å². The number of rotatable bonds is 7. The fraction of sp³-hybridized carbons (Fsp3) is 0.294. The highest BCUT2D eigenvalue weighted by Gasteiger charge is 2.41. The van der Waals surface area contributed by atoms with Crippen molar-refractivity contribution >= 4 is 56.9 Å². The number of hydrogen-bond donors (Lipinski definition) is 1. The van der Waals surface area contributed by atoms with Crippen molar-refractivity contribution in [2.45, 2.75) is 13.0 Å². The van der Waals surface area contributed by atoms with Crippen LogP contribution < -0.4 is 9.47 Å². The highest BCUT2D eigenvalue weighted by atomic mass is 79.9. The maximum absolute atomic E-state index is 12.5. The van der Waals surface area contributed by atoms with E-state index in [1.165, 1.54) is 33.3 Å². The summed E-state index contributed by atoms with van der Waals surface area (Å²) in [6, 6.07) is 2.06. The lowest BCUT2D eigenvalue weighted by atomic mass is 10.1. The van der Waals surface area contributed by atoms with Gasteiger partial charge in [0, 0.05) is 0 Å². The molecular formula is C17H16BrNO8S. The Morgan fingerprint density at radius 3 is 2.57 bits per heavy atom. The quantitative estimate of drug-likeness (QED) is 0.470. The Hall–Kier alpha value is -2.53. The van der Waals surface area contributed by atoms with Gasteiger partial charge in [-0.2, -0.15) is 0 Å². The van der Waals surface area contributed by atoms with Crippen molar-refractivity contribution < 1.29 is 38.5 Å². The third kappa shape index (κ3) is 4.65. The number of carboxylic acid groups (broad SMARTS) is 1. The van der Waals surface area contributed by atoms with Gasteiger partial charge in [0.15, 0.2) is 18.1 Å². The molecule has 28 heavy (non-hydrogen) atoms. The zero-order chi connectivity index (χ0) is 21.0. The Balaban J connectivity index is 2.33. The number of amides is 2. The first kappa shape index (κ1) is 21.8. The first-order chi connectivity index (χ1) is 13.2. The molecule has 1 aliphatic heterocycles. The number of aliphatic carboxylic acids is 1. The highest BCUT2D eigenvalue weighted by Crippen LogP contribution is 2.39. The fourth-order valence-corrected chi connectivity index (χ4v) is 3.82.